The lowest BCUT2D eigenvalue weighted by atomic mass is 10.0. The Hall–Kier alpha value is -1.87. The summed E-state index contributed by atoms with van der Waals surface area (Å²) in [6.45, 7) is 4.19. The third kappa shape index (κ3) is 4.07. The topological polar surface area (TPSA) is 25.4 Å². The van der Waals surface area contributed by atoms with E-state index in [9.17, 15) is 0 Å². The summed E-state index contributed by atoms with van der Waals surface area (Å²) in [5.41, 5.74) is 2.58. The van der Waals surface area contributed by atoms with Crippen molar-refractivity contribution in [3.05, 3.63) is 59.9 Å². The maximum Gasteiger partial charge on any atom is 0.118 e. The summed E-state index contributed by atoms with van der Waals surface area (Å²) >= 11 is 0. The van der Waals surface area contributed by atoms with E-state index in [4.69, 9.17) is 4.74 Å². The SMILES string of the molecule is COc1ccc([C@H](C)CN(C)Cc2cccnc2)cc1. The van der Waals surface area contributed by atoms with Gasteiger partial charge in [-0.1, -0.05) is 25.1 Å². The maximum atomic E-state index is 5.19. The first-order chi connectivity index (χ1) is 9.69. The van der Waals surface area contributed by atoms with Crippen LogP contribution < -0.4 is 4.74 Å². The highest BCUT2D eigenvalue weighted by Gasteiger charge is 2.09. The van der Waals surface area contributed by atoms with Crippen LogP contribution in [-0.4, -0.2) is 30.6 Å². The van der Waals surface area contributed by atoms with Crippen LogP contribution in [0, 0.1) is 0 Å². The quantitative estimate of drug-likeness (QED) is 0.805. The van der Waals surface area contributed by atoms with Gasteiger partial charge in [0.1, 0.15) is 5.75 Å². The van der Waals surface area contributed by atoms with E-state index in [-0.39, 0.29) is 0 Å². The molecular formula is C17H22N2O. The molecular weight excluding hydrogens is 248 g/mol. The Morgan fingerprint density at radius 2 is 1.95 bits per heavy atom. The van der Waals surface area contributed by atoms with Crippen LogP contribution in [0.3, 0.4) is 0 Å². The van der Waals surface area contributed by atoms with E-state index >= 15 is 0 Å². The number of pyridine rings is 1. The van der Waals surface area contributed by atoms with Crippen LogP contribution in [0.25, 0.3) is 0 Å². The van der Waals surface area contributed by atoms with Gasteiger partial charge in [0.15, 0.2) is 0 Å². The molecule has 20 heavy (non-hydrogen) atoms. The summed E-state index contributed by atoms with van der Waals surface area (Å²) in [5.74, 6) is 1.40. The van der Waals surface area contributed by atoms with Gasteiger partial charge in [0.2, 0.25) is 0 Å². The molecule has 2 aromatic rings. The molecule has 0 aliphatic heterocycles. The highest BCUT2D eigenvalue weighted by Crippen LogP contribution is 2.20. The molecule has 0 fully saturated rings. The van der Waals surface area contributed by atoms with Gasteiger partial charge in [0, 0.05) is 25.5 Å². The van der Waals surface area contributed by atoms with E-state index in [2.05, 4.69) is 42.1 Å². The first-order valence-electron chi connectivity index (χ1n) is 6.90. The number of aromatic nitrogens is 1. The second kappa shape index (κ2) is 7.06. The number of nitrogens with zero attached hydrogens (tertiary/aromatic N) is 2. The summed E-state index contributed by atoms with van der Waals surface area (Å²) in [4.78, 5) is 6.48. The van der Waals surface area contributed by atoms with Crippen molar-refractivity contribution < 1.29 is 4.74 Å². The van der Waals surface area contributed by atoms with Crippen molar-refractivity contribution >= 4 is 0 Å². The van der Waals surface area contributed by atoms with Gasteiger partial charge in [0.05, 0.1) is 7.11 Å². The fourth-order valence-electron chi connectivity index (χ4n) is 2.37. The van der Waals surface area contributed by atoms with Crippen LogP contribution in [0.5, 0.6) is 5.75 Å². The normalized spacial score (nSPS) is 12.4. The minimum atomic E-state index is 0.488. The van der Waals surface area contributed by atoms with Crippen molar-refractivity contribution in [3.8, 4) is 5.75 Å². The number of likely N-dealkylation sites (N-methyl/N-ethyl adjacent to an activating group) is 1. The Morgan fingerprint density at radius 1 is 1.20 bits per heavy atom. The number of ether oxygens (including phenoxy) is 1. The molecule has 0 bridgehead atoms. The van der Waals surface area contributed by atoms with E-state index in [0.29, 0.717) is 5.92 Å². The largest absolute Gasteiger partial charge is 0.497 e. The first kappa shape index (κ1) is 14.5. The van der Waals surface area contributed by atoms with E-state index in [1.165, 1.54) is 11.1 Å². The molecule has 1 aromatic heterocycles. The van der Waals surface area contributed by atoms with Gasteiger partial charge in [-0.2, -0.15) is 0 Å². The Kier molecular flexibility index (Phi) is 5.13. The molecule has 3 nitrogen and oxygen atoms in total. The molecule has 1 heterocycles. The third-order valence-electron chi connectivity index (χ3n) is 3.45. The monoisotopic (exact) mass is 270 g/mol. The lowest BCUT2D eigenvalue weighted by Gasteiger charge is -2.21. The number of rotatable bonds is 6. The van der Waals surface area contributed by atoms with Gasteiger partial charge in [0.25, 0.3) is 0 Å². The summed E-state index contributed by atoms with van der Waals surface area (Å²) < 4.78 is 5.19. The molecule has 1 atom stereocenters. The Bertz CT molecular complexity index is 510. The summed E-state index contributed by atoms with van der Waals surface area (Å²) in [7, 11) is 3.84. The minimum Gasteiger partial charge on any atom is -0.497 e. The first-order valence-corrected chi connectivity index (χ1v) is 6.90. The molecule has 0 N–H and O–H groups in total. The lowest BCUT2D eigenvalue weighted by molar-refractivity contribution is 0.309. The van der Waals surface area contributed by atoms with Crippen LogP contribution in [-0.2, 0) is 6.54 Å². The van der Waals surface area contributed by atoms with E-state index in [0.717, 1.165) is 18.8 Å². The van der Waals surface area contributed by atoms with Crippen LogP contribution in [0.1, 0.15) is 24.0 Å². The maximum absolute atomic E-state index is 5.19. The Balaban J connectivity index is 1.91. The van der Waals surface area contributed by atoms with Crippen LogP contribution in [0.4, 0.5) is 0 Å². The predicted molar refractivity (Wildman–Crippen MR) is 82.0 cm³/mol. The zero-order valence-electron chi connectivity index (χ0n) is 12.4. The number of benzene rings is 1. The predicted octanol–water partition coefficient (Wildman–Crippen LogP) is 3.33. The molecule has 0 unspecified atom stereocenters. The van der Waals surface area contributed by atoms with Gasteiger partial charge in [-0.25, -0.2) is 0 Å². The molecule has 0 aliphatic carbocycles. The van der Waals surface area contributed by atoms with Gasteiger partial charge in [-0.15, -0.1) is 0 Å². The smallest absolute Gasteiger partial charge is 0.118 e. The second-order valence-electron chi connectivity index (χ2n) is 5.23. The van der Waals surface area contributed by atoms with Gasteiger partial charge < -0.3 is 9.64 Å². The highest BCUT2D eigenvalue weighted by atomic mass is 16.5. The van der Waals surface area contributed by atoms with E-state index in [1.54, 1.807) is 7.11 Å². The fourth-order valence-corrected chi connectivity index (χ4v) is 2.37. The summed E-state index contributed by atoms with van der Waals surface area (Å²) in [5, 5.41) is 0. The fraction of sp³-hybridized carbons (Fsp3) is 0.353. The average molecular weight is 270 g/mol. The van der Waals surface area contributed by atoms with Gasteiger partial charge >= 0.3 is 0 Å². The van der Waals surface area contributed by atoms with Crippen LogP contribution in [0.15, 0.2) is 48.8 Å². The number of hydrogen-bond donors (Lipinski definition) is 0. The number of methoxy groups -OCH3 is 1. The van der Waals surface area contributed by atoms with Crippen molar-refractivity contribution in [2.45, 2.75) is 19.4 Å². The molecule has 2 rings (SSSR count). The molecule has 0 spiro atoms. The lowest BCUT2D eigenvalue weighted by Crippen LogP contribution is -2.23. The van der Waals surface area contributed by atoms with Crippen molar-refractivity contribution in [2.75, 3.05) is 20.7 Å². The standard InChI is InChI=1S/C17H22N2O/c1-14(16-6-8-17(20-3)9-7-16)12-19(2)13-15-5-4-10-18-11-15/h4-11,14H,12-13H2,1-3H3/t14-/m1/s1. The van der Waals surface area contributed by atoms with Gasteiger partial charge in [-0.3, -0.25) is 4.98 Å². The minimum absolute atomic E-state index is 0.488. The summed E-state index contributed by atoms with van der Waals surface area (Å²) in [6, 6.07) is 12.4. The zero-order valence-corrected chi connectivity index (χ0v) is 12.4. The average Bonchev–Trinajstić information content (AvgIpc) is 2.48. The van der Waals surface area contributed by atoms with Crippen LogP contribution in [0.2, 0.25) is 0 Å². The molecule has 0 aliphatic rings. The molecule has 0 radical (unpaired) electrons. The highest BCUT2D eigenvalue weighted by molar-refractivity contribution is 5.29. The third-order valence-corrected chi connectivity index (χ3v) is 3.45. The van der Waals surface area contributed by atoms with Crippen molar-refractivity contribution in [1.29, 1.82) is 0 Å². The number of hydrogen-bond acceptors (Lipinski definition) is 3. The Labute approximate surface area is 121 Å². The van der Waals surface area contributed by atoms with E-state index < -0.39 is 0 Å². The van der Waals surface area contributed by atoms with Crippen LogP contribution >= 0.6 is 0 Å². The Morgan fingerprint density at radius 3 is 2.55 bits per heavy atom. The zero-order chi connectivity index (χ0) is 14.4. The molecule has 0 amide bonds. The molecule has 106 valence electrons. The molecule has 1 aromatic carbocycles. The second-order valence-corrected chi connectivity index (χ2v) is 5.23. The van der Waals surface area contributed by atoms with Crippen molar-refractivity contribution in [2.24, 2.45) is 0 Å². The molecule has 0 saturated carbocycles. The van der Waals surface area contributed by atoms with Crippen molar-refractivity contribution in [3.63, 3.8) is 0 Å². The van der Waals surface area contributed by atoms with E-state index in [1.807, 2.05) is 30.6 Å². The molecule has 0 saturated heterocycles. The van der Waals surface area contributed by atoms with Gasteiger partial charge in [-0.05, 0) is 42.3 Å². The molecule has 3 heteroatoms. The van der Waals surface area contributed by atoms with Crippen molar-refractivity contribution in [1.82, 2.24) is 9.88 Å². The summed E-state index contributed by atoms with van der Waals surface area (Å²) in [6.07, 6.45) is 3.73.